The van der Waals surface area contributed by atoms with Gasteiger partial charge in [0.1, 0.15) is 16.7 Å². The summed E-state index contributed by atoms with van der Waals surface area (Å²) in [5.74, 6) is 0.978. The Hall–Kier alpha value is -0.280. The van der Waals surface area contributed by atoms with E-state index in [-0.39, 0.29) is 0 Å². The number of aryl methyl sites for hydroxylation is 1. The quantitative estimate of drug-likeness (QED) is 0.815. The summed E-state index contributed by atoms with van der Waals surface area (Å²) in [5, 5.41) is 1.45. The fraction of sp³-hybridized carbons (Fsp3) is 0.500. The number of aromatic amines is 1. The number of H-pyrrole nitrogens is 1. The van der Waals surface area contributed by atoms with Gasteiger partial charge in [-0.1, -0.05) is 47.0 Å². The van der Waals surface area contributed by atoms with Crippen molar-refractivity contribution >= 4 is 33.6 Å². The molecule has 0 aliphatic heterocycles. The van der Waals surface area contributed by atoms with E-state index in [0.29, 0.717) is 5.15 Å². The molecule has 0 aliphatic rings. The van der Waals surface area contributed by atoms with Crippen molar-refractivity contribution in [1.29, 1.82) is 0 Å². The highest BCUT2D eigenvalue weighted by molar-refractivity contribution is 9.09. The minimum atomic E-state index is 0.633. The maximum Gasteiger partial charge on any atom is 0.133 e. The standard InChI is InChI=1S/C10H14BrClN2/c1-2-3-6-9-13-8(5-4-7-11)10(12)14-9/h4-5H,2-3,6-7H2,1H3,(H,13,14). The van der Waals surface area contributed by atoms with Gasteiger partial charge in [0.25, 0.3) is 0 Å². The Labute approximate surface area is 97.9 Å². The molecule has 0 atom stereocenters. The van der Waals surface area contributed by atoms with Crippen molar-refractivity contribution < 1.29 is 0 Å². The Balaban J connectivity index is 2.67. The van der Waals surface area contributed by atoms with Gasteiger partial charge in [-0.15, -0.1) is 0 Å². The van der Waals surface area contributed by atoms with E-state index < -0.39 is 0 Å². The van der Waals surface area contributed by atoms with E-state index in [1.165, 1.54) is 6.42 Å². The summed E-state index contributed by atoms with van der Waals surface area (Å²) in [6, 6.07) is 0. The van der Waals surface area contributed by atoms with Gasteiger partial charge in [-0.2, -0.15) is 0 Å². The van der Waals surface area contributed by atoms with Crippen molar-refractivity contribution in [2.75, 3.05) is 5.33 Å². The molecular weight excluding hydrogens is 263 g/mol. The van der Waals surface area contributed by atoms with Crippen LogP contribution in [0.2, 0.25) is 5.15 Å². The first-order chi connectivity index (χ1) is 6.77. The van der Waals surface area contributed by atoms with E-state index in [2.05, 4.69) is 32.8 Å². The van der Waals surface area contributed by atoms with Crippen LogP contribution in [0.3, 0.4) is 0 Å². The van der Waals surface area contributed by atoms with Gasteiger partial charge in [0, 0.05) is 11.8 Å². The summed E-state index contributed by atoms with van der Waals surface area (Å²) in [4.78, 5) is 7.47. The van der Waals surface area contributed by atoms with Crippen LogP contribution in [0.25, 0.3) is 6.08 Å². The molecule has 0 aliphatic carbocycles. The molecule has 78 valence electrons. The van der Waals surface area contributed by atoms with Gasteiger partial charge in [-0.25, -0.2) is 4.98 Å². The Morgan fingerprint density at radius 1 is 1.57 bits per heavy atom. The zero-order valence-corrected chi connectivity index (χ0v) is 10.5. The second-order valence-electron chi connectivity index (χ2n) is 3.04. The van der Waals surface area contributed by atoms with Crippen LogP contribution in [-0.2, 0) is 6.42 Å². The second-order valence-corrected chi connectivity index (χ2v) is 4.07. The lowest BCUT2D eigenvalue weighted by molar-refractivity contribution is 0.762. The first-order valence-corrected chi connectivity index (χ1v) is 6.24. The van der Waals surface area contributed by atoms with Crippen LogP contribution in [0.15, 0.2) is 6.08 Å². The summed E-state index contributed by atoms with van der Waals surface area (Å²) < 4.78 is 0. The molecule has 0 fully saturated rings. The van der Waals surface area contributed by atoms with E-state index in [4.69, 9.17) is 11.6 Å². The second kappa shape index (κ2) is 6.25. The average Bonchev–Trinajstić information content (AvgIpc) is 2.53. The highest BCUT2D eigenvalue weighted by atomic mass is 79.9. The van der Waals surface area contributed by atoms with Gasteiger partial charge in [0.2, 0.25) is 0 Å². The lowest BCUT2D eigenvalue weighted by Crippen LogP contribution is -1.86. The number of halogens is 2. The van der Waals surface area contributed by atoms with Gasteiger partial charge in [0.15, 0.2) is 0 Å². The topological polar surface area (TPSA) is 28.7 Å². The van der Waals surface area contributed by atoms with Gasteiger partial charge in [-0.3, -0.25) is 0 Å². The maximum absolute atomic E-state index is 5.98. The summed E-state index contributed by atoms with van der Waals surface area (Å²) >= 11 is 9.29. The van der Waals surface area contributed by atoms with E-state index in [9.17, 15) is 0 Å². The monoisotopic (exact) mass is 276 g/mol. The van der Waals surface area contributed by atoms with E-state index in [1.807, 2.05) is 12.2 Å². The van der Waals surface area contributed by atoms with Crippen LogP contribution < -0.4 is 0 Å². The number of allylic oxidation sites excluding steroid dienone is 1. The van der Waals surface area contributed by atoms with E-state index >= 15 is 0 Å². The minimum absolute atomic E-state index is 0.633. The van der Waals surface area contributed by atoms with Crippen LogP contribution in [0.4, 0.5) is 0 Å². The van der Waals surface area contributed by atoms with Crippen LogP contribution >= 0.6 is 27.5 Å². The highest BCUT2D eigenvalue weighted by Crippen LogP contribution is 2.15. The van der Waals surface area contributed by atoms with Gasteiger partial charge in [-0.05, 0) is 12.5 Å². The lowest BCUT2D eigenvalue weighted by Gasteiger charge is -1.90. The Morgan fingerprint density at radius 2 is 2.36 bits per heavy atom. The molecule has 0 radical (unpaired) electrons. The molecule has 0 aromatic carbocycles. The van der Waals surface area contributed by atoms with Crippen LogP contribution in [0.1, 0.15) is 31.3 Å². The molecular formula is C10H14BrClN2. The molecule has 1 aromatic heterocycles. The first kappa shape index (κ1) is 11.8. The molecule has 1 aromatic rings. The third kappa shape index (κ3) is 3.46. The predicted molar refractivity (Wildman–Crippen MR) is 65.0 cm³/mol. The third-order valence-electron chi connectivity index (χ3n) is 1.87. The SMILES string of the molecule is CCCCc1nc(C=CCBr)c(Cl)[nH]1. The molecule has 0 unspecified atom stereocenters. The Morgan fingerprint density at radius 3 is 3.00 bits per heavy atom. The number of nitrogens with zero attached hydrogens (tertiary/aromatic N) is 1. The largest absolute Gasteiger partial charge is 0.333 e. The van der Waals surface area contributed by atoms with Crippen LogP contribution in [0.5, 0.6) is 0 Å². The van der Waals surface area contributed by atoms with Crippen molar-refractivity contribution in [3.63, 3.8) is 0 Å². The molecule has 0 saturated heterocycles. The molecule has 1 heterocycles. The van der Waals surface area contributed by atoms with Gasteiger partial charge < -0.3 is 4.98 Å². The highest BCUT2D eigenvalue weighted by Gasteiger charge is 2.04. The third-order valence-corrected chi connectivity index (χ3v) is 2.53. The molecule has 0 amide bonds. The first-order valence-electron chi connectivity index (χ1n) is 4.74. The zero-order chi connectivity index (χ0) is 10.4. The van der Waals surface area contributed by atoms with Crippen LogP contribution in [0, 0.1) is 0 Å². The zero-order valence-electron chi connectivity index (χ0n) is 8.19. The smallest absolute Gasteiger partial charge is 0.133 e. The number of hydrogen-bond acceptors (Lipinski definition) is 1. The lowest BCUT2D eigenvalue weighted by atomic mass is 10.2. The van der Waals surface area contributed by atoms with Crippen molar-refractivity contribution in [1.82, 2.24) is 9.97 Å². The summed E-state index contributed by atoms with van der Waals surface area (Å²) in [5.41, 5.74) is 0.831. The molecule has 0 spiro atoms. The molecule has 4 heteroatoms. The van der Waals surface area contributed by atoms with Crippen molar-refractivity contribution in [3.05, 3.63) is 22.7 Å². The number of alkyl halides is 1. The summed E-state index contributed by atoms with van der Waals surface area (Å²) in [6.07, 6.45) is 7.18. The number of aromatic nitrogens is 2. The summed E-state index contributed by atoms with van der Waals surface area (Å²) in [7, 11) is 0. The van der Waals surface area contributed by atoms with Crippen LogP contribution in [-0.4, -0.2) is 15.3 Å². The van der Waals surface area contributed by atoms with Crippen molar-refractivity contribution in [2.24, 2.45) is 0 Å². The Kier molecular flexibility index (Phi) is 5.26. The molecule has 2 nitrogen and oxygen atoms in total. The fourth-order valence-corrected chi connectivity index (χ4v) is 1.54. The van der Waals surface area contributed by atoms with Crippen molar-refractivity contribution in [3.8, 4) is 0 Å². The fourth-order valence-electron chi connectivity index (χ4n) is 1.14. The molecule has 14 heavy (non-hydrogen) atoms. The summed E-state index contributed by atoms with van der Waals surface area (Å²) in [6.45, 7) is 2.16. The van der Waals surface area contributed by atoms with Gasteiger partial charge >= 0.3 is 0 Å². The Bertz CT molecular complexity index is 307. The molecule has 0 saturated carbocycles. The number of hydrogen-bond donors (Lipinski definition) is 1. The normalized spacial score (nSPS) is 11.4. The number of rotatable bonds is 5. The minimum Gasteiger partial charge on any atom is -0.333 e. The van der Waals surface area contributed by atoms with Gasteiger partial charge in [0.05, 0.1) is 0 Å². The molecule has 1 rings (SSSR count). The maximum atomic E-state index is 5.98. The molecule has 1 N–H and O–H groups in total. The number of nitrogens with one attached hydrogen (secondary N) is 1. The van der Waals surface area contributed by atoms with E-state index in [0.717, 1.165) is 29.7 Å². The number of imidazole rings is 1. The van der Waals surface area contributed by atoms with Crippen molar-refractivity contribution in [2.45, 2.75) is 26.2 Å². The van der Waals surface area contributed by atoms with E-state index in [1.54, 1.807) is 0 Å². The number of unbranched alkanes of at least 4 members (excludes halogenated alkanes) is 1. The average molecular weight is 278 g/mol. The molecule has 0 bridgehead atoms. The predicted octanol–water partition coefficient (Wildman–Crippen LogP) is 3.81.